The highest BCUT2D eigenvalue weighted by Crippen LogP contribution is 2.43. The number of rotatable bonds is 6. The fourth-order valence-electron chi connectivity index (χ4n) is 4.12. The predicted octanol–water partition coefficient (Wildman–Crippen LogP) is 4.53. The second-order valence-corrected chi connectivity index (χ2v) is 10.5. The van der Waals surface area contributed by atoms with Gasteiger partial charge in [-0.05, 0) is 85.7 Å². The Bertz CT molecular complexity index is 1150. The fraction of sp³-hybridized carbons (Fsp3) is 0.462. The molecule has 1 saturated carbocycles. The normalized spacial score (nSPS) is 16.4. The quantitative estimate of drug-likeness (QED) is 0.485. The van der Waals surface area contributed by atoms with Crippen molar-refractivity contribution < 1.29 is 37.0 Å². The van der Waals surface area contributed by atoms with Gasteiger partial charge in [0.15, 0.2) is 11.6 Å². The van der Waals surface area contributed by atoms with Gasteiger partial charge >= 0.3 is 0 Å². The van der Waals surface area contributed by atoms with Crippen LogP contribution >= 0.6 is 11.6 Å². The molecule has 1 saturated heterocycles. The molecule has 2 aliphatic rings. The molecule has 38 heavy (non-hydrogen) atoms. The lowest BCUT2D eigenvalue weighted by Crippen LogP contribution is -2.38. The summed E-state index contributed by atoms with van der Waals surface area (Å²) in [5.41, 5.74) is 8.06. The molecule has 8 nitrogen and oxygen atoms in total. The number of aliphatic carboxylic acids is 1. The number of primary amides is 1. The van der Waals surface area contributed by atoms with Gasteiger partial charge in [-0.25, -0.2) is 8.78 Å². The van der Waals surface area contributed by atoms with Gasteiger partial charge in [-0.1, -0.05) is 22.7 Å². The third-order valence-corrected chi connectivity index (χ3v) is 6.15. The number of hydrogen-bond acceptors (Lipinski definition) is 6. The summed E-state index contributed by atoms with van der Waals surface area (Å²) in [7, 11) is 0. The molecule has 210 valence electrons. The summed E-state index contributed by atoms with van der Waals surface area (Å²) in [6.07, 6.45) is 4.58. The average Bonchev–Trinajstić information content (AvgIpc) is 3.63. The first-order valence-corrected chi connectivity index (χ1v) is 13.8. The van der Waals surface area contributed by atoms with E-state index in [1.807, 2.05) is 6.92 Å². The summed E-state index contributed by atoms with van der Waals surface area (Å²) in [5, 5.41) is 7.48. The van der Waals surface area contributed by atoms with Gasteiger partial charge in [-0.2, -0.15) is 0 Å². The lowest BCUT2D eigenvalue weighted by molar-refractivity contribution is -0.134. The van der Waals surface area contributed by atoms with E-state index in [0.29, 0.717) is 12.5 Å². The van der Waals surface area contributed by atoms with Gasteiger partial charge in [0.25, 0.3) is 11.9 Å². The van der Waals surface area contributed by atoms with Crippen LogP contribution in [0.3, 0.4) is 0 Å². The molecule has 0 bridgehead atoms. The Kier molecular flexibility index (Phi) is 12.1. The minimum Gasteiger partial charge on any atom is -0.773 e. The number of ether oxygens (including phenoxy) is 1. The van der Waals surface area contributed by atoms with Crippen molar-refractivity contribution in [1.82, 2.24) is 4.90 Å². The monoisotopic (exact) mass is 573 g/mol. The molecule has 1 unspecified atom stereocenters. The number of likely N-dealkylation sites (tertiary alicyclic amines) is 1. The van der Waals surface area contributed by atoms with Gasteiger partial charge in [0.1, 0.15) is 11.9 Å². The number of carbonyl (C=O) groups excluding carboxylic acids is 1. The molecule has 1 heterocycles. The summed E-state index contributed by atoms with van der Waals surface area (Å²) < 4.78 is 52.4. The largest absolute Gasteiger partial charge is 0.773 e. The van der Waals surface area contributed by atoms with Gasteiger partial charge in [0, 0.05) is 26.6 Å². The number of carboxylic acid groups (broad SMARTS) is 1. The Morgan fingerprint density at radius 2 is 1.74 bits per heavy atom. The Balaban J connectivity index is 0.000000559. The second-order valence-electron chi connectivity index (χ2n) is 9.24. The number of nitrogens with zero attached hydrogens (tertiary/aromatic N) is 1. The van der Waals surface area contributed by atoms with Crippen molar-refractivity contribution in [3.8, 4) is 5.75 Å². The smallest absolute Gasteiger partial charge is 0.300 e. The maximum Gasteiger partial charge on any atom is 0.300 e. The molecule has 1 aliphatic heterocycles. The molecule has 1 amide bonds. The molecule has 12 heteroatoms. The number of carboxylic acids is 1. The average molecular weight is 574 g/mol. The van der Waals surface area contributed by atoms with Crippen LogP contribution in [-0.2, 0) is 22.4 Å². The molecule has 0 radical (unpaired) electrons. The van der Waals surface area contributed by atoms with Crippen LogP contribution in [0.5, 0.6) is 5.75 Å². The number of carbonyl (C=O) groups is 2. The van der Waals surface area contributed by atoms with Crippen molar-refractivity contribution in [2.45, 2.75) is 58.1 Å². The number of aryl methyl sites for hydroxylation is 1. The van der Waals surface area contributed by atoms with Crippen molar-refractivity contribution in [3.63, 3.8) is 0 Å². The van der Waals surface area contributed by atoms with E-state index in [2.05, 4.69) is 4.90 Å². The van der Waals surface area contributed by atoms with Crippen LogP contribution in [-0.4, -0.2) is 56.1 Å². The minimum absolute atomic E-state index is 0.0356. The summed E-state index contributed by atoms with van der Waals surface area (Å²) in [4.78, 5) is 22.7. The van der Waals surface area contributed by atoms with Gasteiger partial charge in [-0.15, -0.1) is 0 Å². The Hall–Kier alpha value is -2.60. The number of amides is 1. The van der Waals surface area contributed by atoms with Gasteiger partial charge in [0.2, 0.25) is 0 Å². The van der Waals surface area contributed by atoms with Crippen molar-refractivity contribution in [2.75, 3.05) is 19.3 Å². The zero-order chi connectivity index (χ0) is 28.6. The van der Waals surface area contributed by atoms with Crippen molar-refractivity contribution in [1.29, 1.82) is 0 Å². The van der Waals surface area contributed by atoms with Crippen molar-refractivity contribution >= 4 is 34.6 Å². The van der Waals surface area contributed by atoms with E-state index < -0.39 is 34.6 Å². The second kappa shape index (κ2) is 14.5. The van der Waals surface area contributed by atoms with Crippen LogP contribution in [0.1, 0.15) is 65.6 Å². The third kappa shape index (κ3) is 10.3. The predicted molar refractivity (Wildman–Crippen MR) is 140 cm³/mol. The van der Waals surface area contributed by atoms with Crippen molar-refractivity contribution in [2.24, 2.45) is 5.73 Å². The third-order valence-electron chi connectivity index (χ3n) is 5.87. The Morgan fingerprint density at radius 3 is 2.24 bits per heavy atom. The lowest BCUT2D eigenvalue weighted by atomic mass is 9.97. The Morgan fingerprint density at radius 1 is 1.18 bits per heavy atom. The molecule has 1 atom stereocenters. The lowest BCUT2D eigenvalue weighted by Gasteiger charge is -2.32. The minimum atomic E-state index is -1.86. The summed E-state index contributed by atoms with van der Waals surface area (Å²) >= 11 is 4.06. The van der Waals surface area contributed by atoms with Crippen LogP contribution in [0.15, 0.2) is 24.3 Å². The van der Waals surface area contributed by atoms with Crippen molar-refractivity contribution in [3.05, 3.63) is 63.2 Å². The van der Waals surface area contributed by atoms with E-state index in [1.54, 1.807) is 18.2 Å². The fourth-order valence-corrected chi connectivity index (χ4v) is 4.38. The highest BCUT2D eigenvalue weighted by molar-refractivity contribution is 7.78. The molecule has 2 aromatic carbocycles. The molecule has 1 aliphatic carbocycles. The van der Waals surface area contributed by atoms with E-state index >= 15 is 0 Å². The van der Waals surface area contributed by atoms with Crippen LogP contribution in [0, 0.1) is 18.6 Å². The summed E-state index contributed by atoms with van der Waals surface area (Å²) in [6, 6.07) is 6.33. The number of hydrogen-bond donors (Lipinski definition) is 2. The van der Waals surface area contributed by atoms with Gasteiger partial charge in [0.05, 0.1) is 10.6 Å². The topological polar surface area (TPSA) is 133 Å². The number of benzene rings is 2. The maximum atomic E-state index is 14.3. The molecule has 0 spiro atoms. The molecule has 2 aromatic rings. The number of piperidine rings is 1. The van der Waals surface area contributed by atoms with Gasteiger partial charge in [-0.3, -0.25) is 18.7 Å². The number of halogens is 3. The molecule has 4 rings (SSSR count). The zero-order valence-corrected chi connectivity index (χ0v) is 23.0. The standard InChI is InChI=1S/C23H25ClF2N2O2.C2H4O2.CH4O2S/c1-13-8-19(24)22(26)21(9-13)30-16-4-6-28(7-5-16)12-15-10-20(25)18(23(27)29)11-17(15)14-2-3-14;1-2(3)4;1-4(2)3/h8-11,14,16H,2-7,12H2,1H3,(H2,27,29);1H3,(H,3,4);1H3,(H,2,3)/p-1. The molecule has 2 fully saturated rings. The molecular weight excluding hydrogens is 542 g/mol. The van der Waals surface area contributed by atoms with Crippen LogP contribution in [0.2, 0.25) is 5.02 Å². The Labute approximate surface area is 228 Å². The SMILES string of the molecule is CC(=O)O.CS(=O)[O-].Cc1cc(Cl)c(F)c(OC2CCN(Cc3cc(F)c(C(N)=O)cc3C3CC3)CC2)c1. The molecule has 0 aromatic heterocycles. The van der Waals surface area contributed by atoms with Crippen LogP contribution in [0.4, 0.5) is 8.78 Å². The van der Waals surface area contributed by atoms with E-state index in [-0.39, 0.29) is 22.4 Å². The molecule has 3 N–H and O–H groups in total. The van der Waals surface area contributed by atoms with E-state index in [9.17, 15) is 13.6 Å². The highest BCUT2D eigenvalue weighted by atomic mass is 35.5. The van der Waals surface area contributed by atoms with E-state index in [1.165, 1.54) is 6.07 Å². The summed E-state index contributed by atoms with van der Waals surface area (Å²) in [5.74, 6) is -2.08. The first kappa shape index (κ1) is 31.6. The number of nitrogens with two attached hydrogens (primary N) is 1. The summed E-state index contributed by atoms with van der Waals surface area (Å²) in [6.45, 7) is 5.06. The zero-order valence-electron chi connectivity index (χ0n) is 21.5. The van der Waals surface area contributed by atoms with E-state index in [0.717, 1.165) is 68.6 Å². The first-order valence-electron chi connectivity index (χ1n) is 12.0. The van der Waals surface area contributed by atoms with Crippen LogP contribution < -0.4 is 10.5 Å². The van der Waals surface area contributed by atoms with E-state index in [4.69, 9.17) is 40.7 Å². The highest BCUT2D eigenvalue weighted by Gasteiger charge is 2.30. The van der Waals surface area contributed by atoms with Gasteiger partial charge < -0.3 is 20.1 Å². The maximum absolute atomic E-state index is 14.3. The van der Waals surface area contributed by atoms with Crippen LogP contribution in [0.25, 0.3) is 0 Å². The first-order chi connectivity index (χ1) is 17.8. The molecular formula is C26H32ClF2N2O6S-.